The Balaban J connectivity index is 1.36. The van der Waals surface area contributed by atoms with E-state index in [4.69, 9.17) is 0 Å². The largest absolute Gasteiger partial charge is 0.416 e. The lowest BCUT2D eigenvalue weighted by atomic mass is 9.85. The molecule has 2 aliphatic carbocycles. The molecule has 5 rings (SSSR count). The highest BCUT2D eigenvalue weighted by atomic mass is 32.2. The van der Waals surface area contributed by atoms with Crippen LogP contribution in [0.4, 0.5) is 17.6 Å². The highest BCUT2D eigenvalue weighted by Gasteiger charge is 2.37. The standard InChI is InChI=1S/C27H32F4N2O2S/c28-26-16-20-14-21(17-33-10-3-11-33)24(13-18-4-1-5-22(12-18)27(29,30)31)25(20)15-19(26)8-9-32-36(34,35)23-6-2-7-23/h1,4-5,12,15-16,21,23-24,32H,2-3,6-11,13-14,17H2. The van der Waals surface area contributed by atoms with Gasteiger partial charge in [-0.25, -0.2) is 17.5 Å². The third-order valence-corrected chi connectivity index (χ3v) is 10.1. The summed E-state index contributed by atoms with van der Waals surface area (Å²) in [5, 5.41) is -0.346. The van der Waals surface area contributed by atoms with Crippen LogP contribution in [-0.4, -0.2) is 44.7 Å². The number of nitrogens with zero attached hydrogens (tertiary/aromatic N) is 1. The van der Waals surface area contributed by atoms with Crippen molar-refractivity contribution in [3.8, 4) is 0 Å². The van der Waals surface area contributed by atoms with Crippen LogP contribution < -0.4 is 4.72 Å². The van der Waals surface area contributed by atoms with E-state index in [1.165, 1.54) is 12.1 Å². The summed E-state index contributed by atoms with van der Waals surface area (Å²) in [5.41, 5.74) is 2.31. The molecular formula is C27H32F4N2O2S. The molecule has 0 spiro atoms. The van der Waals surface area contributed by atoms with Crippen molar-refractivity contribution in [2.24, 2.45) is 5.92 Å². The molecule has 9 heteroatoms. The van der Waals surface area contributed by atoms with Crippen LogP contribution in [0.1, 0.15) is 59.4 Å². The Bertz CT molecular complexity index is 1210. The van der Waals surface area contributed by atoms with E-state index >= 15 is 0 Å². The van der Waals surface area contributed by atoms with Crippen molar-refractivity contribution >= 4 is 10.0 Å². The number of halogens is 4. The van der Waals surface area contributed by atoms with E-state index in [0.29, 0.717) is 36.8 Å². The van der Waals surface area contributed by atoms with Gasteiger partial charge in [-0.15, -0.1) is 0 Å². The van der Waals surface area contributed by atoms with Gasteiger partial charge in [-0.05, 0) is 97.8 Å². The lowest BCUT2D eigenvalue weighted by Gasteiger charge is -2.35. The van der Waals surface area contributed by atoms with Gasteiger partial charge in [-0.1, -0.05) is 30.7 Å². The van der Waals surface area contributed by atoms with Gasteiger partial charge in [0, 0.05) is 13.1 Å². The van der Waals surface area contributed by atoms with Gasteiger partial charge in [0.15, 0.2) is 0 Å². The molecule has 2 fully saturated rings. The summed E-state index contributed by atoms with van der Waals surface area (Å²) in [7, 11) is -3.37. The van der Waals surface area contributed by atoms with Crippen LogP contribution in [0.15, 0.2) is 36.4 Å². The van der Waals surface area contributed by atoms with Crippen molar-refractivity contribution in [2.75, 3.05) is 26.2 Å². The maximum Gasteiger partial charge on any atom is 0.416 e. The van der Waals surface area contributed by atoms with Crippen molar-refractivity contribution < 1.29 is 26.0 Å². The maximum absolute atomic E-state index is 15.0. The van der Waals surface area contributed by atoms with Crippen molar-refractivity contribution in [2.45, 2.75) is 62.3 Å². The summed E-state index contributed by atoms with van der Waals surface area (Å²) in [5.74, 6) is -0.171. The molecule has 1 aliphatic heterocycles. The van der Waals surface area contributed by atoms with Gasteiger partial charge in [-0.2, -0.15) is 13.2 Å². The molecule has 36 heavy (non-hydrogen) atoms. The van der Waals surface area contributed by atoms with Gasteiger partial charge in [0.25, 0.3) is 0 Å². The average Bonchev–Trinajstić information content (AvgIpc) is 3.04. The highest BCUT2D eigenvalue weighted by molar-refractivity contribution is 7.90. The fraction of sp³-hybridized carbons (Fsp3) is 0.556. The lowest BCUT2D eigenvalue weighted by Crippen LogP contribution is -2.41. The average molecular weight is 525 g/mol. The SMILES string of the molecule is O=S(=O)(NCCc1cc2c(cc1F)CC(CN1CCC1)C2Cc1cccc(C(F)(F)F)c1)C1CCC1. The Labute approximate surface area is 210 Å². The van der Waals surface area contributed by atoms with Gasteiger partial charge in [-0.3, -0.25) is 0 Å². The third kappa shape index (κ3) is 5.48. The number of benzene rings is 2. The number of hydrogen-bond acceptors (Lipinski definition) is 3. The fourth-order valence-electron chi connectivity index (χ4n) is 5.69. The minimum atomic E-state index is -4.40. The second-order valence-corrected chi connectivity index (χ2v) is 12.6. The zero-order valence-corrected chi connectivity index (χ0v) is 21.0. The summed E-state index contributed by atoms with van der Waals surface area (Å²) >= 11 is 0. The molecule has 1 heterocycles. The molecule has 0 bridgehead atoms. The molecule has 0 amide bonds. The number of rotatable bonds is 9. The van der Waals surface area contributed by atoms with E-state index in [-0.39, 0.29) is 35.9 Å². The number of fused-ring (bicyclic) bond motifs is 1. The quantitative estimate of drug-likeness (QED) is 0.467. The Morgan fingerprint density at radius 3 is 2.47 bits per heavy atom. The smallest absolute Gasteiger partial charge is 0.303 e. The number of likely N-dealkylation sites (tertiary alicyclic amines) is 1. The third-order valence-electron chi connectivity index (χ3n) is 8.10. The van der Waals surface area contributed by atoms with Gasteiger partial charge in [0.2, 0.25) is 10.0 Å². The zero-order chi connectivity index (χ0) is 25.5. The molecular weight excluding hydrogens is 492 g/mol. The van der Waals surface area contributed by atoms with E-state index < -0.39 is 21.8 Å². The number of hydrogen-bond donors (Lipinski definition) is 1. The van der Waals surface area contributed by atoms with Crippen LogP contribution >= 0.6 is 0 Å². The summed E-state index contributed by atoms with van der Waals surface area (Å²) < 4.78 is 82.2. The van der Waals surface area contributed by atoms with Crippen LogP contribution in [0.3, 0.4) is 0 Å². The Kier molecular flexibility index (Phi) is 7.18. The minimum absolute atomic E-state index is 0.0184. The molecule has 3 aliphatic rings. The Morgan fingerprint density at radius 2 is 1.83 bits per heavy atom. The van der Waals surface area contributed by atoms with E-state index in [1.807, 2.05) is 6.07 Å². The summed E-state index contributed by atoms with van der Waals surface area (Å²) in [6.45, 7) is 3.01. The van der Waals surface area contributed by atoms with E-state index in [9.17, 15) is 26.0 Å². The predicted molar refractivity (Wildman–Crippen MR) is 131 cm³/mol. The molecule has 1 saturated heterocycles. The molecule has 2 aromatic carbocycles. The molecule has 0 aromatic heterocycles. The van der Waals surface area contributed by atoms with E-state index in [2.05, 4.69) is 9.62 Å². The molecule has 0 radical (unpaired) electrons. The lowest BCUT2D eigenvalue weighted by molar-refractivity contribution is -0.137. The first-order chi connectivity index (χ1) is 17.1. The topological polar surface area (TPSA) is 49.4 Å². The molecule has 1 saturated carbocycles. The number of sulfonamides is 1. The van der Waals surface area contributed by atoms with E-state index in [0.717, 1.165) is 49.7 Å². The Morgan fingerprint density at radius 1 is 1.06 bits per heavy atom. The second kappa shape index (κ2) is 10.1. The first-order valence-electron chi connectivity index (χ1n) is 12.8. The maximum atomic E-state index is 15.0. The molecule has 4 nitrogen and oxygen atoms in total. The molecule has 2 unspecified atom stereocenters. The van der Waals surface area contributed by atoms with Crippen molar-refractivity contribution in [1.29, 1.82) is 0 Å². The van der Waals surface area contributed by atoms with Crippen LogP contribution in [0.25, 0.3) is 0 Å². The van der Waals surface area contributed by atoms with Crippen LogP contribution in [0.2, 0.25) is 0 Å². The number of alkyl halides is 3. The predicted octanol–water partition coefficient (Wildman–Crippen LogP) is 5.06. The first kappa shape index (κ1) is 25.7. The van der Waals surface area contributed by atoms with E-state index in [1.54, 1.807) is 12.1 Å². The number of nitrogens with one attached hydrogen (secondary N) is 1. The van der Waals surface area contributed by atoms with Gasteiger partial charge < -0.3 is 4.90 Å². The Hall–Kier alpha value is -1.97. The zero-order valence-electron chi connectivity index (χ0n) is 20.2. The second-order valence-electron chi connectivity index (χ2n) is 10.5. The van der Waals surface area contributed by atoms with Crippen LogP contribution in [0.5, 0.6) is 0 Å². The molecule has 2 aromatic rings. The summed E-state index contributed by atoms with van der Waals surface area (Å²) in [6, 6.07) is 8.87. The minimum Gasteiger partial charge on any atom is -0.303 e. The van der Waals surface area contributed by atoms with Crippen LogP contribution in [0, 0.1) is 11.7 Å². The fourth-order valence-corrected chi connectivity index (χ4v) is 7.27. The normalized spacial score (nSPS) is 22.8. The highest BCUT2D eigenvalue weighted by Crippen LogP contribution is 2.43. The molecule has 196 valence electrons. The van der Waals surface area contributed by atoms with Gasteiger partial charge >= 0.3 is 6.18 Å². The molecule has 2 atom stereocenters. The van der Waals surface area contributed by atoms with Crippen LogP contribution in [-0.2, 0) is 35.5 Å². The summed E-state index contributed by atoms with van der Waals surface area (Å²) in [6.07, 6.45) is 0.373. The van der Waals surface area contributed by atoms with Crippen molar-refractivity contribution in [1.82, 2.24) is 9.62 Å². The monoisotopic (exact) mass is 524 g/mol. The summed E-state index contributed by atoms with van der Waals surface area (Å²) in [4.78, 5) is 2.35. The van der Waals surface area contributed by atoms with Gasteiger partial charge in [0.1, 0.15) is 5.82 Å². The molecule has 1 N–H and O–H groups in total. The first-order valence-corrected chi connectivity index (χ1v) is 14.3. The van der Waals surface area contributed by atoms with Crippen molar-refractivity contribution in [3.63, 3.8) is 0 Å². The van der Waals surface area contributed by atoms with Gasteiger partial charge in [0.05, 0.1) is 10.8 Å². The van der Waals surface area contributed by atoms with Crippen molar-refractivity contribution in [3.05, 3.63) is 70.0 Å².